The summed E-state index contributed by atoms with van der Waals surface area (Å²) in [6.07, 6.45) is 0. The number of esters is 1. The summed E-state index contributed by atoms with van der Waals surface area (Å²) in [6, 6.07) is 23.1. The molecule has 0 heterocycles. The molecule has 0 saturated heterocycles. The first-order valence-electron chi connectivity index (χ1n) is 9.96. The van der Waals surface area contributed by atoms with Gasteiger partial charge < -0.3 is 25.4 Å². The highest BCUT2D eigenvalue weighted by atomic mass is 32.1. The third kappa shape index (κ3) is 7.10. The maximum atomic E-state index is 12.2. The van der Waals surface area contributed by atoms with Gasteiger partial charge in [0.25, 0.3) is 5.91 Å². The summed E-state index contributed by atoms with van der Waals surface area (Å²) >= 11 is 5.28. The van der Waals surface area contributed by atoms with Crippen molar-refractivity contribution in [3.63, 3.8) is 0 Å². The maximum Gasteiger partial charge on any atom is 0.338 e. The van der Waals surface area contributed by atoms with Crippen molar-refractivity contribution in [3.8, 4) is 5.75 Å². The molecule has 0 aliphatic rings. The summed E-state index contributed by atoms with van der Waals surface area (Å²) < 4.78 is 10.4. The lowest BCUT2D eigenvalue weighted by Crippen LogP contribution is -2.21. The number of carbonyl (C=O) groups is 2. The highest BCUT2D eigenvalue weighted by molar-refractivity contribution is 7.80. The number of para-hydroxylation sites is 1. The number of amides is 1. The average molecular weight is 450 g/mol. The Labute approximate surface area is 191 Å². The zero-order valence-corrected chi connectivity index (χ0v) is 18.3. The van der Waals surface area contributed by atoms with Gasteiger partial charge in [0.15, 0.2) is 11.7 Å². The zero-order chi connectivity index (χ0) is 22.8. The van der Waals surface area contributed by atoms with E-state index in [1.165, 1.54) is 0 Å². The molecule has 0 aliphatic heterocycles. The third-order valence-electron chi connectivity index (χ3n) is 4.19. The van der Waals surface area contributed by atoms with Crippen LogP contribution in [0, 0.1) is 0 Å². The first-order valence-corrected chi connectivity index (χ1v) is 10.4. The molecule has 3 aromatic carbocycles. The van der Waals surface area contributed by atoms with E-state index in [0.29, 0.717) is 34.4 Å². The lowest BCUT2D eigenvalue weighted by Gasteiger charge is -2.11. The van der Waals surface area contributed by atoms with E-state index in [0.717, 1.165) is 5.69 Å². The molecule has 0 spiro atoms. The first kappa shape index (κ1) is 22.8. The fourth-order valence-corrected chi connectivity index (χ4v) is 2.95. The van der Waals surface area contributed by atoms with Gasteiger partial charge in [-0.05, 0) is 79.8 Å². The van der Waals surface area contributed by atoms with E-state index in [4.69, 9.17) is 21.7 Å². The Morgan fingerprint density at radius 3 is 1.97 bits per heavy atom. The first-order chi connectivity index (χ1) is 15.5. The lowest BCUT2D eigenvalue weighted by atomic mass is 10.2. The normalized spacial score (nSPS) is 10.0. The van der Waals surface area contributed by atoms with E-state index in [-0.39, 0.29) is 0 Å². The molecule has 164 valence electrons. The number of benzene rings is 3. The van der Waals surface area contributed by atoms with Crippen molar-refractivity contribution in [2.45, 2.75) is 6.92 Å². The van der Waals surface area contributed by atoms with Gasteiger partial charge in [-0.15, -0.1) is 0 Å². The van der Waals surface area contributed by atoms with Gasteiger partial charge in [-0.1, -0.05) is 18.2 Å². The van der Waals surface area contributed by atoms with E-state index in [2.05, 4.69) is 16.0 Å². The van der Waals surface area contributed by atoms with E-state index >= 15 is 0 Å². The van der Waals surface area contributed by atoms with Crippen molar-refractivity contribution in [3.05, 3.63) is 84.4 Å². The largest absolute Gasteiger partial charge is 0.494 e. The molecule has 8 heteroatoms. The van der Waals surface area contributed by atoms with E-state index in [1.807, 2.05) is 37.3 Å². The van der Waals surface area contributed by atoms with Gasteiger partial charge in [-0.3, -0.25) is 4.79 Å². The second kappa shape index (κ2) is 11.5. The molecule has 0 aliphatic carbocycles. The van der Waals surface area contributed by atoms with E-state index < -0.39 is 18.5 Å². The molecule has 3 rings (SSSR count). The molecule has 0 bridgehead atoms. The Bertz CT molecular complexity index is 1050. The summed E-state index contributed by atoms with van der Waals surface area (Å²) in [5.41, 5.74) is 2.49. The molecule has 0 fully saturated rings. The minimum absolute atomic E-state index is 0.325. The Morgan fingerprint density at radius 2 is 1.34 bits per heavy atom. The standard InChI is InChI=1S/C24H23N3O4S/c1-2-30-21-14-12-19(13-15-21)25-22(28)16-31-23(29)17-8-10-20(11-9-17)27-24(32)26-18-6-4-3-5-7-18/h3-15H,2,16H2,1H3,(H,25,28)(H2,26,27,32). The van der Waals surface area contributed by atoms with Crippen molar-refractivity contribution in [1.29, 1.82) is 0 Å². The van der Waals surface area contributed by atoms with Crippen LogP contribution < -0.4 is 20.7 Å². The van der Waals surface area contributed by atoms with Crippen LogP contribution in [0.15, 0.2) is 78.9 Å². The Kier molecular flexibility index (Phi) is 8.16. The second-order valence-corrected chi connectivity index (χ2v) is 7.01. The van der Waals surface area contributed by atoms with Crippen LogP contribution in [-0.2, 0) is 9.53 Å². The molecule has 3 N–H and O–H groups in total. The number of rotatable bonds is 8. The Hall–Kier alpha value is -3.91. The third-order valence-corrected chi connectivity index (χ3v) is 4.40. The van der Waals surface area contributed by atoms with Gasteiger partial charge in [-0.2, -0.15) is 0 Å². The van der Waals surface area contributed by atoms with Crippen molar-refractivity contribution in [2.75, 3.05) is 29.2 Å². The number of carbonyl (C=O) groups excluding carboxylic acids is 2. The predicted octanol–water partition coefficient (Wildman–Crippen LogP) is 4.69. The van der Waals surface area contributed by atoms with E-state index in [1.54, 1.807) is 48.5 Å². The molecule has 1 amide bonds. The summed E-state index contributed by atoms with van der Waals surface area (Å²) in [6.45, 7) is 2.07. The van der Waals surface area contributed by atoms with Gasteiger partial charge in [0, 0.05) is 17.1 Å². The second-order valence-electron chi connectivity index (χ2n) is 6.60. The van der Waals surface area contributed by atoms with Crippen LogP contribution in [0.3, 0.4) is 0 Å². The van der Waals surface area contributed by atoms with Gasteiger partial charge in [0.2, 0.25) is 0 Å². The van der Waals surface area contributed by atoms with Crippen molar-refractivity contribution >= 4 is 46.3 Å². The average Bonchev–Trinajstić information content (AvgIpc) is 2.80. The lowest BCUT2D eigenvalue weighted by molar-refractivity contribution is -0.119. The molecule has 0 atom stereocenters. The summed E-state index contributed by atoms with van der Waals surface area (Å²) in [5, 5.41) is 9.20. The highest BCUT2D eigenvalue weighted by Gasteiger charge is 2.11. The van der Waals surface area contributed by atoms with Crippen LogP contribution in [0.1, 0.15) is 17.3 Å². The molecule has 7 nitrogen and oxygen atoms in total. The topological polar surface area (TPSA) is 88.7 Å². The summed E-state index contributed by atoms with van der Waals surface area (Å²) in [5.74, 6) is -0.312. The van der Waals surface area contributed by atoms with Crippen LogP contribution in [0.2, 0.25) is 0 Å². The SMILES string of the molecule is CCOc1ccc(NC(=O)COC(=O)c2ccc(NC(=S)Nc3ccccc3)cc2)cc1. The van der Waals surface area contributed by atoms with Gasteiger partial charge >= 0.3 is 5.97 Å². The van der Waals surface area contributed by atoms with Gasteiger partial charge in [0.1, 0.15) is 5.75 Å². The number of ether oxygens (including phenoxy) is 2. The number of nitrogens with one attached hydrogen (secondary N) is 3. The van der Waals surface area contributed by atoms with Crippen LogP contribution in [0.5, 0.6) is 5.75 Å². The molecule has 0 radical (unpaired) electrons. The molecule has 3 aromatic rings. The fraction of sp³-hybridized carbons (Fsp3) is 0.125. The zero-order valence-electron chi connectivity index (χ0n) is 17.5. The van der Waals surface area contributed by atoms with Crippen molar-refractivity contribution in [2.24, 2.45) is 0 Å². The Morgan fingerprint density at radius 1 is 0.781 bits per heavy atom. The van der Waals surface area contributed by atoms with Crippen LogP contribution in [0.4, 0.5) is 17.1 Å². The highest BCUT2D eigenvalue weighted by Crippen LogP contribution is 2.16. The molecule has 0 unspecified atom stereocenters. The van der Waals surface area contributed by atoms with Crippen molar-refractivity contribution in [1.82, 2.24) is 0 Å². The van der Waals surface area contributed by atoms with Crippen LogP contribution in [-0.4, -0.2) is 30.2 Å². The fourth-order valence-electron chi connectivity index (χ4n) is 2.72. The molecular formula is C24H23N3O4S. The predicted molar refractivity (Wildman–Crippen MR) is 129 cm³/mol. The van der Waals surface area contributed by atoms with Gasteiger partial charge in [0.05, 0.1) is 12.2 Å². The summed E-state index contributed by atoms with van der Waals surface area (Å²) in [4.78, 5) is 24.2. The van der Waals surface area contributed by atoms with Crippen LogP contribution >= 0.6 is 12.2 Å². The monoisotopic (exact) mass is 449 g/mol. The maximum absolute atomic E-state index is 12.2. The minimum Gasteiger partial charge on any atom is -0.494 e. The minimum atomic E-state index is -0.594. The Balaban J connectivity index is 1.44. The molecule has 0 saturated carbocycles. The quantitative estimate of drug-likeness (QED) is 0.340. The van der Waals surface area contributed by atoms with Crippen molar-refractivity contribution < 1.29 is 19.1 Å². The smallest absolute Gasteiger partial charge is 0.338 e. The van der Waals surface area contributed by atoms with Crippen LogP contribution in [0.25, 0.3) is 0 Å². The summed E-state index contributed by atoms with van der Waals surface area (Å²) in [7, 11) is 0. The molecular weight excluding hydrogens is 426 g/mol. The number of thiocarbonyl (C=S) groups is 1. The number of anilines is 3. The molecule has 0 aromatic heterocycles. The number of hydrogen-bond donors (Lipinski definition) is 3. The van der Waals surface area contributed by atoms with Gasteiger partial charge in [-0.25, -0.2) is 4.79 Å². The molecule has 32 heavy (non-hydrogen) atoms. The number of hydrogen-bond acceptors (Lipinski definition) is 5. The van der Waals surface area contributed by atoms with E-state index in [9.17, 15) is 9.59 Å².